The van der Waals surface area contributed by atoms with Gasteiger partial charge in [0, 0.05) is 53.7 Å². The van der Waals surface area contributed by atoms with Gasteiger partial charge in [-0.05, 0) is 138 Å². The van der Waals surface area contributed by atoms with Gasteiger partial charge in [-0.2, -0.15) is 0 Å². The first-order chi connectivity index (χ1) is 34.2. The summed E-state index contributed by atoms with van der Waals surface area (Å²) in [4.78, 5) is 2.39. The maximum Gasteiger partial charge on any atom is 0.0541 e. The van der Waals surface area contributed by atoms with Crippen molar-refractivity contribution in [2.24, 2.45) is 0 Å². The first-order valence-electron chi connectivity index (χ1n) is 23.6. The molecule has 322 valence electrons. The fraction of sp³-hybridized carbons (Fsp3) is 0. The lowest BCUT2D eigenvalue weighted by atomic mass is 9.97. The highest BCUT2D eigenvalue weighted by molar-refractivity contribution is 7.26. The van der Waals surface area contributed by atoms with Crippen LogP contribution in [-0.4, -0.2) is 4.57 Å². The van der Waals surface area contributed by atoms with Gasteiger partial charge in [0.25, 0.3) is 0 Å². The molecule has 69 heavy (non-hydrogen) atoms. The number of para-hydroxylation sites is 2. The van der Waals surface area contributed by atoms with Gasteiger partial charge in [-0.15, -0.1) is 11.3 Å². The Kier molecular flexibility index (Phi) is 9.11. The molecule has 0 bridgehead atoms. The Balaban J connectivity index is 0.850. The molecule has 0 aliphatic carbocycles. The molecule has 3 heteroatoms. The van der Waals surface area contributed by atoms with Crippen molar-refractivity contribution in [3.63, 3.8) is 0 Å². The van der Waals surface area contributed by atoms with Crippen LogP contribution < -0.4 is 4.90 Å². The zero-order chi connectivity index (χ0) is 45.4. The number of hydrogen-bond acceptors (Lipinski definition) is 2. The molecule has 0 saturated carbocycles. The summed E-state index contributed by atoms with van der Waals surface area (Å²) in [7, 11) is 0. The van der Waals surface area contributed by atoms with Gasteiger partial charge in [-0.3, -0.25) is 0 Å². The second-order valence-electron chi connectivity index (χ2n) is 18.1. The molecule has 14 aromatic rings. The third-order valence-corrected chi connectivity index (χ3v) is 15.3. The minimum atomic E-state index is 1.09. The molecular weight excluding hydrogens is 853 g/mol. The van der Waals surface area contributed by atoms with Crippen LogP contribution in [0.2, 0.25) is 0 Å². The summed E-state index contributed by atoms with van der Waals surface area (Å²) in [5, 5.41) is 12.8. The first kappa shape index (κ1) is 39.4. The van der Waals surface area contributed by atoms with Crippen molar-refractivity contribution >= 4 is 103 Å². The third kappa shape index (κ3) is 6.62. The highest BCUT2D eigenvalue weighted by Gasteiger charge is 2.17. The fourth-order valence-corrected chi connectivity index (χ4v) is 12.1. The summed E-state index contributed by atoms with van der Waals surface area (Å²) in [6.45, 7) is 0. The van der Waals surface area contributed by atoms with Crippen LogP contribution in [-0.2, 0) is 0 Å². The molecule has 0 spiro atoms. The van der Waals surface area contributed by atoms with E-state index >= 15 is 0 Å². The van der Waals surface area contributed by atoms with Crippen molar-refractivity contribution in [3.8, 4) is 39.1 Å². The molecule has 0 amide bonds. The molecule has 14 rings (SSSR count). The van der Waals surface area contributed by atoms with Crippen molar-refractivity contribution in [1.82, 2.24) is 4.57 Å². The second-order valence-corrected chi connectivity index (χ2v) is 19.2. The van der Waals surface area contributed by atoms with Gasteiger partial charge in [0.05, 0.1) is 11.0 Å². The standard InChI is InChI=1S/C66H42N2S/c1-3-17-56-45(11-1)23-24-51-39-49(30-36-57(51)56)48-14-10-15-54(41-48)67(53-34-27-44(28-35-53)50-31-37-61-62-38-29-46-12-2-4-18-58(46)66(62)69-65(61)42-50)52-32-25-43(26-33-52)47-13-9-16-55(40-47)68-63-21-7-5-19-59(63)60-20-6-8-22-64(60)68/h1-42H. The average molecular weight is 895 g/mol. The van der Waals surface area contributed by atoms with Crippen molar-refractivity contribution in [1.29, 1.82) is 0 Å². The normalized spacial score (nSPS) is 11.8. The van der Waals surface area contributed by atoms with E-state index in [4.69, 9.17) is 0 Å². The highest BCUT2D eigenvalue weighted by Crippen LogP contribution is 2.43. The number of benzene rings is 12. The molecule has 2 nitrogen and oxygen atoms in total. The van der Waals surface area contributed by atoms with Crippen molar-refractivity contribution in [3.05, 3.63) is 255 Å². The van der Waals surface area contributed by atoms with Crippen LogP contribution >= 0.6 is 11.3 Å². The predicted octanol–water partition coefficient (Wildman–Crippen LogP) is 19.1. The van der Waals surface area contributed by atoms with Crippen LogP contribution in [0.3, 0.4) is 0 Å². The number of thiophene rings is 1. The van der Waals surface area contributed by atoms with Crippen LogP contribution in [0.25, 0.3) is 113 Å². The maximum atomic E-state index is 2.39. The number of rotatable bonds is 7. The minimum absolute atomic E-state index is 1.09. The molecule has 0 saturated heterocycles. The molecule has 0 N–H and O–H groups in total. The SMILES string of the molecule is c1cc(-c2ccc3c(ccc4ccccc43)c2)cc(N(c2ccc(-c3cccc(-n4c5ccccc5c5ccccc54)c3)cc2)c2ccc(-c3ccc4c(c3)sc3c5ccccc5ccc43)cc2)c1. The lowest BCUT2D eigenvalue weighted by Gasteiger charge is -2.26. The smallest absolute Gasteiger partial charge is 0.0541 e. The van der Waals surface area contributed by atoms with Crippen LogP contribution in [0.1, 0.15) is 0 Å². The van der Waals surface area contributed by atoms with Gasteiger partial charge in [-0.1, -0.05) is 182 Å². The van der Waals surface area contributed by atoms with Crippen LogP contribution in [0.4, 0.5) is 17.1 Å². The van der Waals surface area contributed by atoms with Gasteiger partial charge < -0.3 is 9.47 Å². The van der Waals surface area contributed by atoms with Gasteiger partial charge in [0.15, 0.2) is 0 Å². The summed E-state index contributed by atoms with van der Waals surface area (Å²) in [5.41, 5.74) is 14.0. The quantitative estimate of drug-likeness (QED) is 0.145. The number of nitrogens with zero attached hydrogens (tertiary/aromatic N) is 2. The first-order valence-corrected chi connectivity index (χ1v) is 24.5. The maximum absolute atomic E-state index is 2.39. The Morgan fingerprint density at radius 1 is 0.275 bits per heavy atom. The molecular formula is C66H42N2S. The van der Waals surface area contributed by atoms with Crippen LogP contribution in [0.15, 0.2) is 255 Å². The molecule has 0 fully saturated rings. The highest BCUT2D eigenvalue weighted by atomic mass is 32.1. The van der Waals surface area contributed by atoms with E-state index in [0.29, 0.717) is 0 Å². The van der Waals surface area contributed by atoms with E-state index in [2.05, 4.69) is 264 Å². The second kappa shape index (κ2) is 16.0. The third-order valence-electron chi connectivity index (χ3n) is 14.1. The molecule has 2 heterocycles. The van der Waals surface area contributed by atoms with Crippen LogP contribution in [0.5, 0.6) is 0 Å². The molecule has 12 aromatic carbocycles. The summed E-state index contributed by atoms with van der Waals surface area (Å²) in [6, 6.07) is 93.7. The van der Waals surface area contributed by atoms with E-state index in [1.165, 1.54) is 108 Å². The van der Waals surface area contributed by atoms with E-state index in [0.717, 1.165) is 22.7 Å². The summed E-state index contributed by atoms with van der Waals surface area (Å²) in [5.74, 6) is 0. The zero-order valence-corrected chi connectivity index (χ0v) is 38.4. The Bertz CT molecular complexity index is 4260. The van der Waals surface area contributed by atoms with Gasteiger partial charge >= 0.3 is 0 Å². The lowest BCUT2D eigenvalue weighted by molar-refractivity contribution is 1.18. The minimum Gasteiger partial charge on any atom is -0.310 e. The lowest BCUT2D eigenvalue weighted by Crippen LogP contribution is -2.10. The molecule has 0 unspecified atom stereocenters. The largest absolute Gasteiger partial charge is 0.310 e. The topological polar surface area (TPSA) is 8.17 Å². The number of anilines is 3. The van der Waals surface area contributed by atoms with Gasteiger partial charge in [0.2, 0.25) is 0 Å². The van der Waals surface area contributed by atoms with Crippen LogP contribution in [0, 0.1) is 0 Å². The van der Waals surface area contributed by atoms with Crippen molar-refractivity contribution in [2.45, 2.75) is 0 Å². The van der Waals surface area contributed by atoms with E-state index in [1.54, 1.807) is 0 Å². The fourth-order valence-electron chi connectivity index (χ4n) is 10.8. The monoisotopic (exact) mass is 894 g/mol. The van der Waals surface area contributed by atoms with E-state index in [-0.39, 0.29) is 0 Å². The van der Waals surface area contributed by atoms with Gasteiger partial charge in [0.1, 0.15) is 0 Å². The molecule has 0 aliphatic heterocycles. The Morgan fingerprint density at radius 3 is 1.48 bits per heavy atom. The summed E-state index contributed by atoms with van der Waals surface area (Å²) >= 11 is 1.89. The van der Waals surface area contributed by atoms with E-state index in [9.17, 15) is 0 Å². The van der Waals surface area contributed by atoms with E-state index < -0.39 is 0 Å². The van der Waals surface area contributed by atoms with E-state index in [1.807, 2.05) is 11.3 Å². The molecule has 0 aliphatic rings. The zero-order valence-electron chi connectivity index (χ0n) is 37.6. The van der Waals surface area contributed by atoms with Gasteiger partial charge in [-0.25, -0.2) is 0 Å². The molecule has 0 atom stereocenters. The molecule has 2 aromatic heterocycles. The Labute approximate surface area is 403 Å². The van der Waals surface area contributed by atoms with Crippen molar-refractivity contribution in [2.75, 3.05) is 4.90 Å². The number of aromatic nitrogens is 1. The Hall–Kier alpha value is -8.76. The number of fused-ring (bicyclic) bond motifs is 11. The van der Waals surface area contributed by atoms with Crippen molar-refractivity contribution < 1.29 is 0 Å². The average Bonchev–Trinajstić information content (AvgIpc) is 3.97. The molecule has 0 radical (unpaired) electrons. The summed E-state index contributed by atoms with van der Waals surface area (Å²) < 4.78 is 5.05. The Morgan fingerprint density at radius 2 is 0.768 bits per heavy atom. The number of hydrogen-bond donors (Lipinski definition) is 0. The summed E-state index contributed by atoms with van der Waals surface area (Å²) in [6.07, 6.45) is 0. The predicted molar refractivity (Wildman–Crippen MR) is 297 cm³/mol.